The topological polar surface area (TPSA) is 97.0 Å². The van der Waals surface area contributed by atoms with Gasteiger partial charge in [0.15, 0.2) is 5.69 Å². The Morgan fingerprint density at radius 3 is 2.38 bits per heavy atom. The lowest BCUT2D eigenvalue weighted by Gasteiger charge is -2.38. The summed E-state index contributed by atoms with van der Waals surface area (Å²) in [5, 5.41) is 12.8. The van der Waals surface area contributed by atoms with Crippen LogP contribution in [-0.4, -0.2) is 56.5 Å². The minimum atomic E-state index is -1.11. The first kappa shape index (κ1) is 27.8. The Morgan fingerprint density at radius 1 is 0.949 bits per heavy atom. The Morgan fingerprint density at radius 2 is 1.64 bits per heavy atom. The van der Waals surface area contributed by atoms with Crippen molar-refractivity contribution in [2.75, 3.05) is 13.2 Å². The molecule has 3 atom stereocenters. The summed E-state index contributed by atoms with van der Waals surface area (Å²) in [5.41, 5.74) is 1.98. The third-order valence-corrected chi connectivity index (χ3v) is 9.17. The predicted molar refractivity (Wildman–Crippen MR) is 153 cm³/mol. The summed E-state index contributed by atoms with van der Waals surface area (Å²) in [4.78, 5) is 37.4. The zero-order valence-corrected chi connectivity index (χ0v) is 23.4. The number of oxime groups is 1. The van der Waals surface area contributed by atoms with Gasteiger partial charge < -0.3 is 14.5 Å². The monoisotopic (exact) mass is 536 g/mol. The largest absolute Gasteiger partial charge is 0.479 e. The summed E-state index contributed by atoms with van der Waals surface area (Å²) in [7, 11) is 0. The van der Waals surface area contributed by atoms with Crippen LogP contribution in [0, 0.1) is 5.92 Å². The summed E-state index contributed by atoms with van der Waals surface area (Å²) in [6.45, 7) is 2.26. The van der Waals surface area contributed by atoms with E-state index in [1.54, 1.807) is 6.92 Å². The molecule has 0 spiro atoms. The van der Waals surface area contributed by atoms with Gasteiger partial charge in [0.05, 0.1) is 11.0 Å². The van der Waals surface area contributed by atoms with Gasteiger partial charge in [-0.15, -0.1) is 0 Å². The Labute approximate surface area is 231 Å². The number of carbonyl (C=O) groups is 1. The van der Waals surface area contributed by atoms with Gasteiger partial charge in [0.1, 0.15) is 5.71 Å². The van der Waals surface area contributed by atoms with E-state index in [1.165, 1.54) is 77.0 Å². The van der Waals surface area contributed by atoms with Crippen molar-refractivity contribution in [2.45, 2.75) is 115 Å². The average molecular weight is 537 g/mol. The summed E-state index contributed by atoms with van der Waals surface area (Å²) in [5.74, 6) is -0.533. The molecule has 3 aliphatic rings. The summed E-state index contributed by atoms with van der Waals surface area (Å²) in [6, 6.07) is 9.09. The normalized spacial score (nSPS) is 26.2. The highest BCUT2D eigenvalue weighted by atomic mass is 16.6. The number of aliphatic carboxylic acids is 1. The number of para-hydroxylation sites is 2. The van der Waals surface area contributed by atoms with Crippen LogP contribution in [0.25, 0.3) is 11.0 Å². The number of hydrogen-bond acceptors (Lipinski definition) is 6. The van der Waals surface area contributed by atoms with Crippen molar-refractivity contribution < 1.29 is 14.7 Å². The molecule has 0 amide bonds. The minimum Gasteiger partial charge on any atom is -0.479 e. The number of carboxylic acid groups (broad SMARTS) is 1. The zero-order valence-electron chi connectivity index (χ0n) is 23.4. The van der Waals surface area contributed by atoms with Crippen molar-refractivity contribution in [1.82, 2.24) is 14.5 Å². The smallest absolute Gasteiger partial charge is 0.344 e. The maximum absolute atomic E-state index is 14.0. The van der Waals surface area contributed by atoms with E-state index in [1.807, 2.05) is 28.8 Å². The van der Waals surface area contributed by atoms with Crippen LogP contribution < -0.4 is 5.56 Å². The maximum Gasteiger partial charge on any atom is 0.344 e. The maximum atomic E-state index is 14.0. The van der Waals surface area contributed by atoms with E-state index in [0.29, 0.717) is 23.7 Å². The fourth-order valence-electron chi connectivity index (χ4n) is 7.34. The van der Waals surface area contributed by atoms with Crippen molar-refractivity contribution >= 4 is 22.7 Å². The van der Waals surface area contributed by atoms with Crippen LogP contribution in [0.15, 0.2) is 34.2 Å². The fraction of sp³-hybridized carbons (Fsp3) is 0.677. The van der Waals surface area contributed by atoms with Crippen LogP contribution in [-0.2, 0) is 9.63 Å². The summed E-state index contributed by atoms with van der Waals surface area (Å²) < 4.78 is 1.98. The first-order valence-electron chi connectivity index (χ1n) is 15.2. The first-order chi connectivity index (χ1) is 19.0. The van der Waals surface area contributed by atoms with E-state index in [2.05, 4.69) is 15.0 Å². The Bertz CT molecular complexity index is 1210. The SMILES string of the molecule is CC(=NOCC(=O)O)c1nc2ccccc2n(C2CC3CCCC(C2)N(C2CCCCCCCCC2)C3)c1=O. The van der Waals surface area contributed by atoms with E-state index in [0.717, 1.165) is 30.4 Å². The molecule has 1 aliphatic carbocycles. The van der Waals surface area contributed by atoms with Gasteiger partial charge >= 0.3 is 5.97 Å². The molecule has 1 saturated carbocycles. The number of aromatic nitrogens is 2. The molecule has 3 unspecified atom stereocenters. The molecular formula is C31H44N4O4. The zero-order chi connectivity index (χ0) is 27.2. The molecule has 2 bridgehead atoms. The van der Waals surface area contributed by atoms with Gasteiger partial charge in [-0.25, -0.2) is 9.78 Å². The fourth-order valence-corrected chi connectivity index (χ4v) is 7.34. The lowest BCUT2D eigenvalue weighted by molar-refractivity contribution is -0.142. The average Bonchev–Trinajstić information content (AvgIpc) is 3.22. The molecule has 1 aromatic carbocycles. The second-order valence-corrected chi connectivity index (χ2v) is 11.9. The Kier molecular flexibility index (Phi) is 9.32. The standard InChI is InChI=1S/C31H44N4O4/c1-22(33-39-21-29(36)37)30-31(38)35(28-17-10-9-16-27(28)32-30)26-18-23-12-11-15-25(19-26)34(20-23)24-13-7-5-3-2-4-6-8-14-24/h9-10,16-17,23-26H,2-8,11-15,18-21H2,1H3,(H,36,37). The molecule has 2 aliphatic heterocycles. The van der Waals surface area contributed by atoms with Gasteiger partial charge in [-0.2, -0.15) is 0 Å². The van der Waals surface area contributed by atoms with E-state index in [4.69, 9.17) is 9.94 Å². The van der Waals surface area contributed by atoms with E-state index < -0.39 is 12.6 Å². The molecule has 3 heterocycles. The molecule has 39 heavy (non-hydrogen) atoms. The third kappa shape index (κ3) is 6.71. The molecule has 1 N–H and O–H groups in total. The van der Waals surface area contributed by atoms with E-state index >= 15 is 0 Å². The van der Waals surface area contributed by atoms with Gasteiger partial charge in [-0.3, -0.25) is 9.69 Å². The molecule has 8 heteroatoms. The highest BCUT2D eigenvalue weighted by molar-refractivity contribution is 5.97. The van der Waals surface area contributed by atoms with Crippen molar-refractivity contribution in [3.8, 4) is 0 Å². The Hall–Kier alpha value is -2.74. The lowest BCUT2D eigenvalue weighted by Crippen LogP contribution is -2.44. The highest BCUT2D eigenvalue weighted by Crippen LogP contribution is 2.40. The number of nitrogens with zero attached hydrogens (tertiary/aromatic N) is 4. The highest BCUT2D eigenvalue weighted by Gasteiger charge is 2.38. The quantitative estimate of drug-likeness (QED) is 0.364. The number of hydrogen-bond donors (Lipinski definition) is 1. The van der Waals surface area contributed by atoms with Crippen molar-refractivity contribution in [2.24, 2.45) is 11.1 Å². The van der Waals surface area contributed by atoms with Crippen LogP contribution in [0.4, 0.5) is 0 Å². The van der Waals surface area contributed by atoms with Gasteiger partial charge in [-0.1, -0.05) is 68.7 Å². The van der Waals surface area contributed by atoms with Gasteiger partial charge in [-0.05, 0) is 63.5 Å². The number of rotatable bonds is 6. The second kappa shape index (κ2) is 13.1. The van der Waals surface area contributed by atoms with Crippen molar-refractivity contribution in [3.05, 3.63) is 40.3 Å². The van der Waals surface area contributed by atoms with E-state index in [-0.39, 0.29) is 17.3 Å². The molecule has 2 saturated heterocycles. The van der Waals surface area contributed by atoms with Crippen molar-refractivity contribution in [3.63, 3.8) is 0 Å². The Balaban J connectivity index is 1.47. The van der Waals surface area contributed by atoms with Crippen LogP contribution in [0.3, 0.4) is 0 Å². The molecular weight excluding hydrogens is 492 g/mol. The number of carboxylic acids is 1. The second-order valence-electron chi connectivity index (χ2n) is 11.9. The summed E-state index contributed by atoms with van der Waals surface area (Å²) in [6.07, 6.45) is 17.8. The van der Waals surface area contributed by atoms with Gasteiger partial charge in [0.25, 0.3) is 5.56 Å². The molecule has 5 rings (SSSR count). The molecule has 3 fully saturated rings. The number of benzene rings is 1. The minimum absolute atomic E-state index is 0.0942. The van der Waals surface area contributed by atoms with Crippen LogP contribution >= 0.6 is 0 Å². The van der Waals surface area contributed by atoms with Crippen LogP contribution in [0.2, 0.25) is 0 Å². The molecule has 0 radical (unpaired) electrons. The molecule has 8 nitrogen and oxygen atoms in total. The van der Waals surface area contributed by atoms with Crippen LogP contribution in [0.1, 0.15) is 109 Å². The first-order valence-corrected chi connectivity index (χ1v) is 15.2. The molecule has 2 aromatic rings. The predicted octanol–water partition coefficient (Wildman–Crippen LogP) is 5.92. The molecule has 212 valence electrons. The number of fused-ring (bicyclic) bond motifs is 4. The van der Waals surface area contributed by atoms with Crippen molar-refractivity contribution in [1.29, 1.82) is 0 Å². The summed E-state index contributed by atoms with van der Waals surface area (Å²) >= 11 is 0. The lowest BCUT2D eigenvalue weighted by atomic mass is 9.88. The van der Waals surface area contributed by atoms with Gasteiger partial charge in [0, 0.05) is 24.7 Å². The van der Waals surface area contributed by atoms with Crippen LogP contribution in [0.5, 0.6) is 0 Å². The van der Waals surface area contributed by atoms with Gasteiger partial charge in [0.2, 0.25) is 6.61 Å². The van der Waals surface area contributed by atoms with E-state index in [9.17, 15) is 9.59 Å². The third-order valence-electron chi connectivity index (χ3n) is 9.17. The molecule has 1 aromatic heterocycles.